The molecule has 0 fully saturated rings. The first-order valence-corrected chi connectivity index (χ1v) is 7.34. The van der Waals surface area contributed by atoms with Gasteiger partial charge in [-0.25, -0.2) is 4.98 Å². The molecule has 104 valence electrons. The van der Waals surface area contributed by atoms with Gasteiger partial charge >= 0.3 is 0 Å². The van der Waals surface area contributed by atoms with Crippen LogP contribution in [0.25, 0.3) is 0 Å². The van der Waals surface area contributed by atoms with E-state index in [4.69, 9.17) is 11.6 Å². The Morgan fingerprint density at radius 2 is 2.32 bits per heavy atom. The van der Waals surface area contributed by atoms with Gasteiger partial charge in [0.05, 0.1) is 5.02 Å². The number of nitrogens with zero attached hydrogens (tertiary/aromatic N) is 2. The first-order valence-electron chi connectivity index (χ1n) is 6.96. The largest absolute Gasteiger partial charge is 0.353 e. The van der Waals surface area contributed by atoms with E-state index in [1.54, 1.807) is 6.20 Å². The molecule has 2 heterocycles. The first-order chi connectivity index (χ1) is 9.20. The number of nitrogens with one attached hydrogen (secondary N) is 1. The summed E-state index contributed by atoms with van der Waals surface area (Å²) in [6, 6.07) is 2.11. The highest BCUT2D eigenvalue weighted by Crippen LogP contribution is 2.22. The SMILES string of the molecule is CCCNCc1cc(N2CC=C(C)CC2)ncc1Cl. The predicted molar refractivity (Wildman–Crippen MR) is 81.8 cm³/mol. The summed E-state index contributed by atoms with van der Waals surface area (Å²) >= 11 is 6.20. The summed E-state index contributed by atoms with van der Waals surface area (Å²) in [5.41, 5.74) is 2.60. The summed E-state index contributed by atoms with van der Waals surface area (Å²) in [6.07, 6.45) is 6.29. The summed E-state index contributed by atoms with van der Waals surface area (Å²) < 4.78 is 0. The van der Waals surface area contributed by atoms with Crippen molar-refractivity contribution in [3.05, 3.63) is 34.5 Å². The summed E-state index contributed by atoms with van der Waals surface area (Å²) in [5, 5.41) is 4.13. The third kappa shape index (κ3) is 3.95. The summed E-state index contributed by atoms with van der Waals surface area (Å²) in [7, 11) is 0. The number of pyridine rings is 1. The molecule has 1 N–H and O–H groups in total. The Morgan fingerprint density at radius 3 is 3.00 bits per heavy atom. The molecule has 0 unspecified atom stereocenters. The maximum atomic E-state index is 6.20. The topological polar surface area (TPSA) is 28.2 Å². The van der Waals surface area contributed by atoms with Crippen LogP contribution in [0, 0.1) is 0 Å². The second-order valence-electron chi connectivity index (χ2n) is 5.06. The number of anilines is 1. The molecule has 0 spiro atoms. The number of hydrogen-bond acceptors (Lipinski definition) is 3. The molecule has 1 aromatic heterocycles. The van der Waals surface area contributed by atoms with Crippen molar-refractivity contribution >= 4 is 17.4 Å². The van der Waals surface area contributed by atoms with Crippen LogP contribution in [0.1, 0.15) is 32.3 Å². The van der Waals surface area contributed by atoms with Crippen LogP contribution in [0.4, 0.5) is 5.82 Å². The summed E-state index contributed by atoms with van der Waals surface area (Å²) in [4.78, 5) is 6.75. The lowest BCUT2D eigenvalue weighted by Gasteiger charge is -2.27. The van der Waals surface area contributed by atoms with Crippen molar-refractivity contribution in [2.75, 3.05) is 24.5 Å². The molecule has 4 heteroatoms. The van der Waals surface area contributed by atoms with Crippen LogP contribution in [0.15, 0.2) is 23.9 Å². The van der Waals surface area contributed by atoms with E-state index in [-0.39, 0.29) is 0 Å². The molecule has 1 aliphatic rings. The predicted octanol–water partition coefficient (Wildman–Crippen LogP) is 3.39. The third-order valence-electron chi connectivity index (χ3n) is 3.42. The van der Waals surface area contributed by atoms with Crippen LogP contribution >= 0.6 is 11.6 Å². The average Bonchev–Trinajstić information content (AvgIpc) is 2.42. The number of hydrogen-bond donors (Lipinski definition) is 1. The standard InChI is InChI=1S/C15H22ClN3/c1-3-6-17-10-13-9-15(18-11-14(13)16)19-7-4-12(2)5-8-19/h4,9,11,17H,3,5-8,10H2,1-2H3. The Hall–Kier alpha value is -1.06. The Balaban J connectivity index is 2.07. The van der Waals surface area contributed by atoms with Gasteiger partial charge in [0.1, 0.15) is 5.82 Å². The molecule has 1 aromatic rings. The van der Waals surface area contributed by atoms with Crippen molar-refractivity contribution in [1.29, 1.82) is 0 Å². The average molecular weight is 280 g/mol. The molecule has 0 saturated heterocycles. The van der Waals surface area contributed by atoms with Gasteiger partial charge in [0.2, 0.25) is 0 Å². The van der Waals surface area contributed by atoms with Gasteiger partial charge in [-0.05, 0) is 37.9 Å². The molecule has 2 rings (SSSR count). The van der Waals surface area contributed by atoms with E-state index >= 15 is 0 Å². The Morgan fingerprint density at radius 1 is 1.47 bits per heavy atom. The van der Waals surface area contributed by atoms with Crippen LogP contribution in [-0.4, -0.2) is 24.6 Å². The van der Waals surface area contributed by atoms with E-state index in [9.17, 15) is 0 Å². The van der Waals surface area contributed by atoms with Crippen molar-refractivity contribution in [2.45, 2.75) is 33.2 Å². The fourth-order valence-corrected chi connectivity index (χ4v) is 2.32. The first kappa shape index (κ1) is 14.4. The summed E-state index contributed by atoms with van der Waals surface area (Å²) in [5.74, 6) is 1.03. The number of aromatic nitrogens is 1. The van der Waals surface area contributed by atoms with Crippen molar-refractivity contribution in [1.82, 2.24) is 10.3 Å². The van der Waals surface area contributed by atoms with Gasteiger partial charge in [-0.3, -0.25) is 0 Å². The van der Waals surface area contributed by atoms with Crippen LogP contribution in [0.5, 0.6) is 0 Å². The second kappa shape index (κ2) is 6.92. The molecule has 0 radical (unpaired) electrons. The molecule has 0 atom stereocenters. The van der Waals surface area contributed by atoms with Gasteiger partial charge in [-0.1, -0.05) is 30.2 Å². The van der Waals surface area contributed by atoms with Gasteiger partial charge in [-0.15, -0.1) is 0 Å². The molecule has 19 heavy (non-hydrogen) atoms. The van der Waals surface area contributed by atoms with Crippen molar-refractivity contribution in [3.8, 4) is 0 Å². The number of rotatable bonds is 5. The Kier molecular flexibility index (Phi) is 5.23. The van der Waals surface area contributed by atoms with Gasteiger partial charge in [0, 0.05) is 25.8 Å². The lowest BCUT2D eigenvalue weighted by molar-refractivity contribution is 0.674. The normalized spacial score (nSPS) is 15.5. The zero-order valence-electron chi connectivity index (χ0n) is 11.7. The maximum Gasteiger partial charge on any atom is 0.129 e. The van der Waals surface area contributed by atoms with Crippen LogP contribution < -0.4 is 10.2 Å². The third-order valence-corrected chi connectivity index (χ3v) is 3.76. The Labute approximate surface area is 120 Å². The van der Waals surface area contributed by atoms with E-state index < -0.39 is 0 Å². The fourth-order valence-electron chi connectivity index (χ4n) is 2.15. The number of halogens is 1. The highest BCUT2D eigenvalue weighted by molar-refractivity contribution is 6.31. The van der Waals surface area contributed by atoms with Gasteiger partial charge < -0.3 is 10.2 Å². The van der Waals surface area contributed by atoms with Crippen LogP contribution in [0.3, 0.4) is 0 Å². The molecule has 3 nitrogen and oxygen atoms in total. The molecule has 0 bridgehead atoms. The van der Waals surface area contributed by atoms with Gasteiger partial charge in [0.25, 0.3) is 0 Å². The lowest BCUT2D eigenvalue weighted by Crippen LogP contribution is -2.29. The van der Waals surface area contributed by atoms with Gasteiger partial charge in [-0.2, -0.15) is 0 Å². The molecule has 1 aliphatic heterocycles. The van der Waals surface area contributed by atoms with E-state index in [1.807, 2.05) is 0 Å². The summed E-state index contributed by atoms with van der Waals surface area (Å²) in [6.45, 7) is 8.16. The fraction of sp³-hybridized carbons (Fsp3) is 0.533. The van der Waals surface area contributed by atoms with Gasteiger partial charge in [0.15, 0.2) is 0 Å². The lowest BCUT2D eigenvalue weighted by atomic mass is 10.1. The smallest absolute Gasteiger partial charge is 0.129 e. The molecular weight excluding hydrogens is 258 g/mol. The van der Waals surface area contributed by atoms with Crippen LogP contribution in [0.2, 0.25) is 5.02 Å². The minimum Gasteiger partial charge on any atom is -0.353 e. The molecule has 0 amide bonds. The molecule has 0 saturated carbocycles. The monoisotopic (exact) mass is 279 g/mol. The quantitative estimate of drug-likeness (QED) is 0.661. The minimum absolute atomic E-state index is 0.746. The maximum absolute atomic E-state index is 6.20. The highest BCUT2D eigenvalue weighted by atomic mass is 35.5. The van der Waals surface area contributed by atoms with Crippen molar-refractivity contribution in [2.24, 2.45) is 0 Å². The second-order valence-corrected chi connectivity index (χ2v) is 5.46. The molecular formula is C15H22ClN3. The zero-order valence-corrected chi connectivity index (χ0v) is 12.5. The van der Waals surface area contributed by atoms with E-state index in [0.717, 1.165) is 55.4 Å². The van der Waals surface area contributed by atoms with E-state index in [0.29, 0.717) is 0 Å². The van der Waals surface area contributed by atoms with E-state index in [1.165, 1.54) is 5.57 Å². The minimum atomic E-state index is 0.746. The Bertz CT molecular complexity index is 457. The zero-order chi connectivity index (χ0) is 13.7. The molecule has 0 aliphatic carbocycles. The van der Waals surface area contributed by atoms with Crippen LogP contribution in [-0.2, 0) is 6.54 Å². The molecule has 0 aromatic carbocycles. The van der Waals surface area contributed by atoms with E-state index in [2.05, 4.69) is 41.2 Å². The van der Waals surface area contributed by atoms with Crippen molar-refractivity contribution < 1.29 is 0 Å². The highest BCUT2D eigenvalue weighted by Gasteiger charge is 2.12. The van der Waals surface area contributed by atoms with Crippen molar-refractivity contribution in [3.63, 3.8) is 0 Å².